The van der Waals surface area contributed by atoms with Crippen LogP contribution in [0.3, 0.4) is 0 Å². The van der Waals surface area contributed by atoms with Crippen molar-refractivity contribution >= 4 is 28.8 Å². The molecule has 1 saturated heterocycles. The lowest BCUT2D eigenvalue weighted by Crippen LogP contribution is -2.38. The number of aryl methyl sites for hydroxylation is 2. The van der Waals surface area contributed by atoms with E-state index in [1.165, 1.54) is 11.3 Å². The highest BCUT2D eigenvalue weighted by Crippen LogP contribution is 2.28. The van der Waals surface area contributed by atoms with Gasteiger partial charge in [0.05, 0.1) is 22.5 Å². The first-order chi connectivity index (χ1) is 14.5. The van der Waals surface area contributed by atoms with Crippen molar-refractivity contribution in [3.05, 3.63) is 69.7 Å². The molecule has 2 amide bonds. The number of anilines is 1. The minimum atomic E-state index is -0.217. The number of para-hydroxylation sites is 1. The number of hydrogen-bond acceptors (Lipinski definition) is 6. The van der Waals surface area contributed by atoms with Gasteiger partial charge in [0, 0.05) is 30.9 Å². The summed E-state index contributed by atoms with van der Waals surface area (Å²) in [6, 6.07) is 9.32. The van der Waals surface area contributed by atoms with Crippen LogP contribution in [0, 0.1) is 13.8 Å². The maximum Gasteiger partial charge on any atom is 0.265 e. The molecule has 1 N–H and O–H groups in total. The average Bonchev–Trinajstić information content (AvgIpc) is 3.19. The summed E-state index contributed by atoms with van der Waals surface area (Å²) < 4.78 is 0. The van der Waals surface area contributed by atoms with Crippen LogP contribution in [0.5, 0.6) is 0 Å². The van der Waals surface area contributed by atoms with E-state index >= 15 is 0 Å². The molecule has 0 radical (unpaired) electrons. The molecule has 3 heterocycles. The molecule has 4 rings (SSSR count). The highest BCUT2D eigenvalue weighted by Gasteiger charge is 2.28. The van der Waals surface area contributed by atoms with Crippen LogP contribution in [0.25, 0.3) is 0 Å². The molecule has 30 heavy (non-hydrogen) atoms. The van der Waals surface area contributed by atoms with Crippen LogP contribution in [-0.4, -0.2) is 44.8 Å². The van der Waals surface area contributed by atoms with Crippen molar-refractivity contribution in [3.8, 4) is 0 Å². The molecule has 1 aliphatic heterocycles. The number of nitrogens with zero attached hydrogens (tertiary/aromatic N) is 4. The fourth-order valence-corrected chi connectivity index (χ4v) is 4.39. The summed E-state index contributed by atoms with van der Waals surface area (Å²) in [6.07, 6.45) is 3.21. The molecule has 1 aliphatic rings. The Bertz CT molecular complexity index is 1060. The van der Waals surface area contributed by atoms with E-state index in [2.05, 4.69) is 20.3 Å². The van der Waals surface area contributed by atoms with Gasteiger partial charge in [-0.05, 0) is 38.8 Å². The van der Waals surface area contributed by atoms with Crippen LogP contribution >= 0.6 is 11.3 Å². The van der Waals surface area contributed by atoms with E-state index in [-0.39, 0.29) is 17.7 Å². The van der Waals surface area contributed by atoms with E-state index in [0.29, 0.717) is 29.2 Å². The molecule has 7 nitrogen and oxygen atoms in total. The van der Waals surface area contributed by atoms with Gasteiger partial charge in [-0.25, -0.2) is 15.0 Å². The van der Waals surface area contributed by atoms with Crippen LogP contribution in [0.2, 0.25) is 0 Å². The number of aromatic nitrogens is 3. The minimum Gasteiger partial charge on any atom is -0.338 e. The van der Waals surface area contributed by atoms with Crippen LogP contribution in [-0.2, 0) is 0 Å². The number of carbonyl (C=O) groups is 2. The number of nitrogens with one attached hydrogen (secondary N) is 1. The molecule has 1 fully saturated rings. The first-order valence-corrected chi connectivity index (χ1v) is 10.8. The molecular formula is C22H23N5O2S. The number of amides is 2. The van der Waals surface area contributed by atoms with Crippen LogP contribution in [0.15, 0.2) is 42.0 Å². The fourth-order valence-electron chi connectivity index (χ4n) is 3.62. The second-order valence-corrected chi connectivity index (χ2v) is 8.24. The number of hydrogen-bond donors (Lipinski definition) is 1. The number of likely N-dealkylation sites (tertiary alicyclic amines) is 1. The van der Waals surface area contributed by atoms with Crippen molar-refractivity contribution in [1.82, 2.24) is 19.9 Å². The van der Waals surface area contributed by atoms with Crippen molar-refractivity contribution < 1.29 is 9.59 Å². The van der Waals surface area contributed by atoms with E-state index in [1.807, 2.05) is 49.1 Å². The number of piperidine rings is 1. The van der Waals surface area contributed by atoms with Gasteiger partial charge in [-0.15, -0.1) is 11.3 Å². The lowest BCUT2D eigenvalue weighted by atomic mass is 9.95. The zero-order valence-corrected chi connectivity index (χ0v) is 17.8. The second kappa shape index (κ2) is 8.71. The summed E-state index contributed by atoms with van der Waals surface area (Å²) in [4.78, 5) is 41.1. The molecule has 8 heteroatoms. The molecule has 1 aromatic carbocycles. The van der Waals surface area contributed by atoms with Gasteiger partial charge in [-0.1, -0.05) is 18.2 Å². The topological polar surface area (TPSA) is 88.1 Å². The van der Waals surface area contributed by atoms with Gasteiger partial charge in [0.2, 0.25) is 0 Å². The Morgan fingerprint density at radius 1 is 1.07 bits per heavy atom. The van der Waals surface area contributed by atoms with Crippen molar-refractivity contribution in [2.24, 2.45) is 0 Å². The molecule has 0 atom stereocenters. The molecule has 0 saturated carbocycles. The van der Waals surface area contributed by atoms with E-state index in [9.17, 15) is 9.59 Å². The van der Waals surface area contributed by atoms with Gasteiger partial charge >= 0.3 is 0 Å². The molecule has 3 aromatic rings. The van der Waals surface area contributed by atoms with E-state index in [0.717, 1.165) is 30.0 Å². The van der Waals surface area contributed by atoms with Crippen molar-refractivity contribution in [2.75, 3.05) is 18.4 Å². The number of benzene rings is 1. The van der Waals surface area contributed by atoms with Crippen molar-refractivity contribution in [2.45, 2.75) is 32.6 Å². The summed E-state index contributed by atoms with van der Waals surface area (Å²) in [6.45, 7) is 5.03. The Kier molecular flexibility index (Phi) is 5.85. The Hall–Kier alpha value is -3.13. The molecule has 0 bridgehead atoms. The summed E-state index contributed by atoms with van der Waals surface area (Å²) in [5.74, 6) is 0.760. The van der Waals surface area contributed by atoms with E-state index in [4.69, 9.17) is 0 Å². The van der Waals surface area contributed by atoms with Gasteiger partial charge in [-0.2, -0.15) is 0 Å². The summed E-state index contributed by atoms with van der Waals surface area (Å²) in [5.41, 5.74) is 4.36. The molecule has 0 aliphatic carbocycles. The first-order valence-electron chi connectivity index (χ1n) is 9.92. The first kappa shape index (κ1) is 20.2. The largest absolute Gasteiger partial charge is 0.338 e. The lowest BCUT2D eigenvalue weighted by molar-refractivity contribution is 0.0714. The summed E-state index contributed by atoms with van der Waals surface area (Å²) in [5, 5.41) is 2.87. The van der Waals surface area contributed by atoms with Gasteiger partial charge < -0.3 is 10.2 Å². The standard InChI is InChI=1S/C22H23N5O2S/c1-14-18(21(28)26-17-6-4-3-5-7-17)12-23-20(25-14)16-8-10-27(11-9-16)22(29)19-15(2)24-13-30-19/h3-7,12-13,16H,8-11H2,1-2H3,(H,26,28). The van der Waals surface area contributed by atoms with Gasteiger partial charge in [0.1, 0.15) is 10.7 Å². The monoisotopic (exact) mass is 421 g/mol. The zero-order chi connectivity index (χ0) is 21.1. The fraction of sp³-hybridized carbons (Fsp3) is 0.318. The smallest absolute Gasteiger partial charge is 0.265 e. The quantitative estimate of drug-likeness (QED) is 0.692. The van der Waals surface area contributed by atoms with E-state index < -0.39 is 0 Å². The zero-order valence-electron chi connectivity index (χ0n) is 17.0. The highest BCUT2D eigenvalue weighted by molar-refractivity contribution is 7.11. The number of carbonyl (C=O) groups excluding carboxylic acids is 2. The average molecular weight is 422 g/mol. The third-order valence-corrected chi connectivity index (χ3v) is 6.28. The van der Waals surface area contributed by atoms with Gasteiger partial charge in [0.25, 0.3) is 11.8 Å². The van der Waals surface area contributed by atoms with Crippen LogP contribution < -0.4 is 5.32 Å². The lowest BCUT2D eigenvalue weighted by Gasteiger charge is -2.31. The SMILES string of the molecule is Cc1nc(C2CCN(C(=O)c3scnc3C)CC2)ncc1C(=O)Nc1ccccc1. The van der Waals surface area contributed by atoms with Gasteiger partial charge in [-0.3, -0.25) is 9.59 Å². The second-order valence-electron chi connectivity index (χ2n) is 7.38. The van der Waals surface area contributed by atoms with Crippen molar-refractivity contribution in [1.29, 1.82) is 0 Å². The minimum absolute atomic E-state index is 0.0541. The number of rotatable bonds is 4. The van der Waals surface area contributed by atoms with Crippen LogP contribution in [0.4, 0.5) is 5.69 Å². The Morgan fingerprint density at radius 2 is 1.80 bits per heavy atom. The molecule has 154 valence electrons. The molecular weight excluding hydrogens is 398 g/mol. The predicted octanol–water partition coefficient (Wildman–Crippen LogP) is 3.82. The summed E-state index contributed by atoms with van der Waals surface area (Å²) >= 11 is 1.39. The Morgan fingerprint density at radius 3 is 2.43 bits per heavy atom. The molecule has 0 unspecified atom stereocenters. The Balaban J connectivity index is 1.40. The maximum atomic E-state index is 12.7. The van der Waals surface area contributed by atoms with Crippen LogP contribution in [0.1, 0.15) is 56.0 Å². The highest BCUT2D eigenvalue weighted by atomic mass is 32.1. The van der Waals surface area contributed by atoms with Gasteiger partial charge in [0.15, 0.2) is 0 Å². The normalized spacial score (nSPS) is 14.5. The predicted molar refractivity (Wildman–Crippen MR) is 116 cm³/mol. The third-order valence-electron chi connectivity index (χ3n) is 5.36. The number of thiazole rings is 1. The molecule has 0 spiro atoms. The van der Waals surface area contributed by atoms with E-state index in [1.54, 1.807) is 11.7 Å². The molecule has 2 aromatic heterocycles. The maximum absolute atomic E-state index is 12.7. The van der Waals surface area contributed by atoms with Crippen molar-refractivity contribution in [3.63, 3.8) is 0 Å². The summed E-state index contributed by atoms with van der Waals surface area (Å²) in [7, 11) is 0. The Labute approximate surface area is 179 Å². The third kappa shape index (κ3) is 4.23.